The minimum absolute atomic E-state index is 0.0716. The topological polar surface area (TPSA) is 82.4 Å². The largest absolute Gasteiger partial charge is 0.392 e. The molecule has 7 heteroatoms. The van der Waals surface area contributed by atoms with Gasteiger partial charge >= 0.3 is 0 Å². The minimum Gasteiger partial charge on any atom is -0.392 e. The second kappa shape index (κ2) is 6.86. The number of benzene rings is 1. The highest BCUT2D eigenvalue weighted by Crippen LogP contribution is 2.35. The maximum atomic E-state index is 13.1. The van der Waals surface area contributed by atoms with Gasteiger partial charge in [0.1, 0.15) is 11.8 Å². The molecular formula is C22H19FN4O2. The van der Waals surface area contributed by atoms with Gasteiger partial charge in [0.05, 0.1) is 18.7 Å². The Balaban J connectivity index is 1.50. The number of anilines is 1. The Hall–Kier alpha value is -3.45. The number of nitrogens with zero attached hydrogens (tertiary/aromatic N) is 2. The van der Waals surface area contributed by atoms with E-state index < -0.39 is 12.1 Å². The van der Waals surface area contributed by atoms with Gasteiger partial charge in [-0.05, 0) is 58.5 Å². The van der Waals surface area contributed by atoms with Crippen molar-refractivity contribution in [3.05, 3.63) is 66.7 Å². The molecule has 0 radical (unpaired) electrons. The number of hydrogen-bond donors (Lipinski definition) is 3. The van der Waals surface area contributed by atoms with Crippen LogP contribution >= 0.6 is 0 Å². The highest BCUT2D eigenvalue weighted by atomic mass is 19.1. The molecule has 2 atom stereocenters. The van der Waals surface area contributed by atoms with Gasteiger partial charge in [-0.3, -0.25) is 4.79 Å². The third-order valence-corrected chi connectivity index (χ3v) is 5.27. The van der Waals surface area contributed by atoms with Gasteiger partial charge in [0, 0.05) is 18.6 Å². The summed E-state index contributed by atoms with van der Waals surface area (Å²) in [5.74, 6) is -0.490. The lowest BCUT2D eigenvalue weighted by Crippen LogP contribution is -2.15. The number of aliphatic hydroxyl groups excluding tert-OH is 1. The molecule has 1 aliphatic carbocycles. The van der Waals surface area contributed by atoms with Crippen LogP contribution in [0.4, 0.5) is 10.2 Å². The quantitative estimate of drug-likeness (QED) is 0.485. The maximum Gasteiger partial charge on any atom is 0.231 e. The number of nitrogens with one attached hydrogen (secondary N) is 2. The molecule has 3 heterocycles. The van der Waals surface area contributed by atoms with Gasteiger partial charge in [-0.2, -0.15) is 0 Å². The number of carbonyl (C=O) groups excluding carboxylic acids is 1. The van der Waals surface area contributed by atoms with Gasteiger partial charge < -0.3 is 19.8 Å². The molecule has 3 aromatic heterocycles. The fourth-order valence-electron chi connectivity index (χ4n) is 3.53. The van der Waals surface area contributed by atoms with Crippen molar-refractivity contribution >= 4 is 17.4 Å². The number of carbonyl (C=O) groups is 1. The van der Waals surface area contributed by atoms with E-state index in [1.807, 2.05) is 59.4 Å². The van der Waals surface area contributed by atoms with E-state index in [4.69, 9.17) is 0 Å². The SMILES string of the molecule is O=C(Nc1cn2cc(-c3cc(-c4cc[nH]c4)ccc3CO)ccc2n1)C1CC1F. The summed E-state index contributed by atoms with van der Waals surface area (Å²) in [6.45, 7) is -0.0716. The zero-order chi connectivity index (χ0) is 20.0. The number of alkyl halides is 1. The van der Waals surface area contributed by atoms with E-state index in [1.165, 1.54) is 0 Å². The normalized spacial score (nSPS) is 18.1. The first-order chi connectivity index (χ1) is 14.1. The van der Waals surface area contributed by atoms with Crippen LogP contribution in [0.1, 0.15) is 12.0 Å². The van der Waals surface area contributed by atoms with Crippen molar-refractivity contribution in [3.8, 4) is 22.3 Å². The zero-order valence-corrected chi connectivity index (χ0v) is 15.5. The predicted molar refractivity (Wildman–Crippen MR) is 108 cm³/mol. The van der Waals surface area contributed by atoms with Crippen LogP contribution < -0.4 is 5.32 Å². The monoisotopic (exact) mass is 390 g/mol. The van der Waals surface area contributed by atoms with E-state index in [9.17, 15) is 14.3 Å². The number of aliphatic hydroxyl groups is 1. The summed E-state index contributed by atoms with van der Waals surface area (Å²) in [6, 6.07) is 11.7. The molecule has 1 fully saturated rings. The number of amides is 1. The number of H-pyrrole nitrogens is 1. The molecule has 3 N–H and O–H groups in total. The molecule has 1 aromatic carbocycles. The molecule has 5 rings (SSSR count). The van der Waals surface area contributed by atoms with E-state index in [-0.39, 0.29) is 18.9 Å². The summed E-state index contributed by atoms with van der Waals surface area (Å²) in [4.78, 5) is 19.4. The summed E-state index contributed by atoms with van der Waals surface area (Å²) in [5.41, 5.74) is 5.44. The van der Waals surface area contributed by atoms with Crippen molar-refractivity contribution in [3.63, 3.8) is 0 Å². The predicted octanol–water partition coefficient (Wildman–Crippen LogP) is 3.79. The van der Waals surface area contributed by atoms with Crippen LogP contribution in [0.3, 0.4) is 0 Å². The summed E-state index contributed by atoms with van der Waals surface area (Å²) in [6.07, 6.45) is 6.65. The Morgan fingerprint density at radius 3 is 2.76 bits per heavy atom. The molecule has 0 aliphatic heterocycles. The van der Waals surface area contributed by atoms with Crippen molar-refractivity contribution in [2.45, 2.75) is 19.2 Å². The van der Waals surface area contributed by atoms with Crippen LogP contribution in [0.5, 0.6) is 0 Å². The van der Waals surface area contributed by atoms with Gasteiger partial charge in [0.15, 0.2) is 5.82 Å². The number of rotatable bonds is 5. The van der Waals surface area contributed by atoms with Crippen LogP contribution in [0.2, 0.25) is 0 Å². The molecule has 0 spiro atoms. The Bertz CT molecular complexity index is 1200. The lowest BCUT2D eigenvalue weighted by molar-refractivity contribution is -0.117. The number of hydrogen-bond acceptors (Lipinski definition) is 3. The van der Waals surface area contributed by atoms with Gasteiger partial charge in [0.25, 0.3) is 0 Å². The highest BCUT2D eigenvalue weighted by Gasteiger charge is 2.43. The van der Waals surface area contributed by atoms with E-state index in [0.29, 0.717) is 11.5 Å². The molecule has 0 saturated heterocycles. The number of halogens is 1. The molecule has 6 nitrogen and oxygen atoms in total. The molecular weight excluding hydrogens is 371 g/mol. The number of aromatic amines is 1. The molecule has 2 unspecified atom stereocenters. The van der Waals surface area contributed by atoms with Crippen LogP contribution in [-0.4, -0.2) is 31.6 Å². The van der Waals surface area contributed by atoms with Crippen LogP contribution in [0.25, 0.3) is 27.9 Å². The minimum atomic E-state index is -1.04. The summed E-state index contributed by atoms with van der Waals surface area (Å²) in [5, 5.41) is 12.5. The van der Waals surface area contributed by atoms with Gasteiger partial charge in [-0.25, -0.2) is 9.37 Å². The molecule has 1 saturated carbocycles. The lowest BCUT2D eigenvalue weighted by atomic mass is 9.96. The summed E-state index contributed by atoms with van der Waals surface area (Å²) >= 11 is 0. The van der Waals surface area contributed by atoms with E-state index in [0.717, 1.165) is 27.8 Å². The zero-order valence-electron chi connectivity index (χ0n) is 15.5. The first-order valence-electron chi connectivity index (χ1n) is 9.43. The highest BCUT2D eigenvalue weighted by molar-refractivity contribution is 5.94. The first kappa shape index (κ1) is 17.6. The fourth-order valence-corrected chi connectivity index (χ4v) is 3.53. The fraction of sp³-hybridized carbons (Fsp3) is 0.182. The van der Waals surface area contributed by atoms with Crippen LogP contribution in [0, 0.1) is 5.92 Å². The third-order valence-electron chi connectivity index (χ3n) is 5.27. The molecule has 146 valence electrons. The second-order valence-electron chi connectivity index (χ2n) is 7.29. The number of fused-ring (bicyclic) bond motifs is 1. The Morgan fingerprint density at radius 1 is 1.21 bits per heavy atom. The number of pyridine rings is 1. The lowest BCUT2D eigenvalue weighted by Gasteiger charge is -2.10. The van der Waals surface area contributed by atoms with Crippen molar-refractivity contribution in [1.82, 2.24) is 14.4 Å². The van der Waals surface area contributed by atoms with Gasteiger partial charge in [-0.1, -0.05) is 12.1 Å². The van der Waals surface area contributed by atoms with Crippen molar-refractivity contribution in [2.24, 2.45) is 5.92 Å². The standard InChI is InChI=1S/C22H19FN4O2/c23-19-8-18(19)22(29)26-20-11-27-10-15(3-4-21(27)25-20)17-7-13(1-2-16(17)12-28)14-5-6-24-9-14/h1-7,9-11,18-19,24,28H,8,12H2,(H,26,29). The molecule has 1 aliphatic rings. The van der Waals surface area contributed by atoms with E-state index in [1.54, 1.807) is 6.20 Å². The maximum absolute atomic E-state index is 13.1. The van der Waals surface area contributed by atoms with Crippen molar-refractivity contribution < 1.29 is 14.3 Å². The summed E-state index contributed by atoms with van der Waals surface area (Å²) in [7, 11) is 0. The first-order valence-corrected chi connectivity index (χ1v) is 9.43. The van der Waals surface area contributed by atoms with Gasteiger partial charge in [0.2, 0.25) is 5.91 Å². The molecule has 29 heavy (non-hydrogen) atoms. The van der Waals surface area contributed by atoms with Crippen molar-refractivity contribution in [1.29, 1.82) is 0 Å². The Kier molecular flexibility index (Phi) is 4.17. The van der Waals surface area contributed by atoms with Gasteiger partial charge in [-0.15, -0.1) is 0 Å². The van der Waals surface area contributed by atoms with E-state index >= 15 is 0 Å². The molecule has 0 bridgehead atoms. The average molecular weight is 390 g/mol. The van der Waals surface area contributed by atoms with Crippen LogP contribution in [0.15, 0.2) is 61.2 Å². The average Bonchev–Trinajstić information content (AvgIpc) is 3.12. The van der Waals surface area contributed by atoms with Crippen molar-refractivity contribution in [2.75, 3.05) is 5.32 Å². The van der Waals surface area contributed by atoms with E-state index in [2.05, 4.69) is 15.3 Å². The number of imidazole rings is 1. The smallest absolute Gasteiger partial charge is 0.231 e. The Labute approximate surface area is 166 Å². The Morgan fingerprint density at radius 2 is 2.03 bits per heavy atom. The van der Waals surface area contributed by atoms with Crippen LogP contribution in [-0.2, 0) is 11.4 Å². The third kappa shape index (κ3) is 3.30. The molecule has 1 amide bonds. The second-order valence-corrected chi connectivity index (χ2v) is 7.29. The number of aromatic nitrogens is 3. The summed E-state index contributed by atoms with van der Waals surface area (Å²) < 4.78 is 14.9. The molecule has 4 aromatic rings.